The van der Waals surface area contributed by atoms with E-state index in [1.54, 1.807) is 11.0 Å². The lowest BCUT2D eigenvalue weighted by molar-refractivity contribution is -0.136. The van der Waals surface area contributed by atoms with Gasteiger partial charge in [-0.1, -0.05) is 6.07 Å². The predicted octanol–water partition coefficient (Wildman–Crippen LogP) is 2.55. The molecule has 3 fully saturated rings. The Labute approximate surface area is 231 Å². The van der Waals surface area contributed by atoms with Gasteiger partial charge >= 0.3 is 0 Å². The van der Waals surface area contributed by atoms with Crippen LogP contribution in [0.25, 0.3) is 10.9 Å². The molecule has 40 heavy (non-hydrogen) atoms. The van der Waals surface area contributed by atoms with Gasteiger partial charge in [-0.2, -0.15) is 0 Å². The molecule has 4 aliphatic heterocycles. The molecule has 5 heterocycles. The number of imide groups is 1. The second kappa shape index (κ2) is 10.3. The van der Waals surface area contributed by atoms with E-state index in [4.69, 9.17) is 14.5 Å². The number of amides is 3. The third kappa shape index (κ3) is 4.82. The van der Waals surface area contributed by atoms with Crippen molar-refractivity contribution < 1.29 is 23.9 Å². The summed E-state index contributed by atoms with van der Waals surface area (Å²) in [4.78, 5) is 50.1. The fourth-order valence-electron chi connectivity index (χ4n) is 6.24. The minimum Gasteiger partial charge on any atom is -0.489 e. The molecule has 1 unspecified atom stereocenters. The van der Waals surface area contributed by atoms with Gasteiger partial charge in [-0.25, -0.2) is 9.97 Å². The minimum absolute atomic E-state index is 0.0568. The number of carbonyl (C=O) groups is 3. The van der Waals surface area contributed by atoms with E-state index in [9.17, 15) is 14.4 Å². The molecule has 3 aromatic rings. The number of hydrogen-bond acceptors (Lipinski definition) is 8. The summed E-state index contributed by atoms with van der Waals surface area (Å²) in [5, 5.41) is 3.39. The summed E-state index contributed by atoms with van der Waals surface area (Å²) < 4.78 is 11.8. The Morgan fingerprint density at radius 3 is 2.85 bits per heavy atom. The van der Waals surface area contributed by atoms with Gasteiger partial charge in [0.2, 0.25) is 11.8 Å². The van der Waals surface area contributed by atoms with Crippen LogP contribution in [0.2, 0.25) is 0 Å². The van der Waals surface area contributed by atoms with Gasteiger partial charge in [0.15, 0.2) is 0 Å². The number of nitrogens with one attached hydrogen (secondary N) is 1. The first-order chi connectivity index (χ1) is 19.5. The zero-order chi connectivity index (χ0) is 27.2. The van der Waals surface area contributed by atoms with E-state index in [2.05, 4.69) is 33.4 Å². The summed E-state index contributed by atoms with van der Waals surface area (Å²) in [7, 11) is 0. The number of likely N-dealkylation sites (tertiary alicyclic amines) is 1. The van der Waals surface area contributed by atoms with Gasteiger partial charge < -0.3 is 14.4 Å². The van der Waals surface area contributed by atoms with Crippen molar-refractivity contribution in [3.8, 4) is 5.75 Å². The maximum absolute atomic E-state index is 13.0. The molecule has 3 amide bonds. The Bertz CT molecular complexity index is 1500. The van der Waals surface area contributed by atoms with E-state index in [1.165, 1.54) is 5.56 Å². The highest BCUT2D eigenvalue weighted by molar-refractivity contribution is 6.05. The Morgan fingerprint density at radius 1 is 1.07 bits per heavy atom. The van der Waals surface area contributed by atoms with Crippen LogP contribution in [0.15, 0.2) is 42.6 Å². The number of benzene rings is 2. The molecule has 3 saturated heterocycles. The Hall–Kier alpha value is -3.89. The van der Waals surface area contributed by atoms with Gasteiger partial charge in [0.25, 0.3) is 5.91 Å². The molecule has 1 N–H and O–H groups in total. The molecule has 0 bridgehead atoms. The van der Waals surface area contributed by atoms with Crippen molar-refractivity contribution in [2.45, 2.75) is 56.8 Å². The number of fused-ring (bicyclic) bond motifs is 2. The lowest BCUT2D eigenvalue weighted by Gasteiger charge is -2.29. The summed E-state index contributed by atoms with van der Waals surface area (Å²) in [5.41, 5.74) is 3.63. The molecule has 206 valence electrons. The van der Waals surface area contributed by atoms with Gasteiger partial charge in [0, 0.05) is 62.3 Å². The van der Waals surface area contributed by atoms with E-state index in [0.717, 1.165) is 67.1 Å². The zero-order valence-corrected chi connectivity index (χ0v) is 22.2. The predicted molar refractivity (Wildman–Crippen MR) is 145 cm³/mol. The number of ether oxygens (including phenoxy) is 2. The van der Waals surface area contributed by atoms with Crippen LogP contribution in [0, 0.1) is 0 Å². The summed E-state index contributed by atoms with van der Waals surface area (Å²) >= 11 is 0. The first-order valence-corrected chi connectivity index (χ1v) is 14.0. The lowest BCUT2D eigenvalue weighted by atomic mass is 10.0. The molecule has 0 radical (unpaired) electrons. The molecular formula is C30H31N5O5. The van der Waals surface area contributed by atoms with E-state index < -0.39 is 11.9 Å². The topological polar surface area (TPSA) is 114 Å². The number of aromatic nitrogens is 2. The number of hydrogen-bond donors (Lipinski definition) is 1. The molecule has 3 atom stereocenters. The van der Waals surface area contributed by atoms with Crippen molar-refractivity contribution >= 4 is 28.6 Å². The summed E-state index contributed by atoms with van der Waals surface area (Å²) in [6, 6.07) is 11.3. The molecule has 10 heteroatoms. The average Bonchev–Trinajstić information content (AvgIpc) is 3.70. The van der Waals surface area contributed by atoms with Gasteiger partial charge in [-0.3, -0.25) is 24.6 Å². The van der Waals surface area contributed by atoms with E-state index in [-0.39, 0.29) is 24.3 Å². The van der Waals surface area contributed by atoms with Crippen molar-refractivity contribution in [2.24, 2.45) is 0 Å². The minimum atomic E-state index is -0.615. The highest BCUT2D eigenvalue weighted by Crippen LogP contribution is 2.31. The molecule has 4 aliphatic rings. The van der Waals surface area contributed by atoms with E-state index >= 15 is 0 Å². The van der Waals surface area contributed by atoms with Crippen LogP contribution in [0.1, 0.15) is 58.9 Å². The van der Waals surface area contributed by atoms with Crippen molar-refractivity contribution in [3.63, 3.8) is 0 Å². The monoisotopic (exact) mass is 541 g/mol. The van der Waals surface area contributed by atoms with Gasteiger partial charge in [0.1, 0.15) is 23.7 Å². The second-order valence-electron chi connectivity index (χ2n) is 11.2. The number of nitrogens with zero attached hydrogens (tertiary/aromatic N) is 4. The molecule has 2 aromatic carbocycles. The molecule has 0 aliphatic carbocycles. The molecule has 10 nitrogen and oxygen atoms in total. The fourth-order valence-corrected chi connectivity index (χ4v) is 6.24. The average molecular weight is 542 g/mol. The highest BCUT2D eigenvalue weighted by Gasteiger charge is 2.39. The lowest BCUT2D eigenvalue weighted by Crippen LogP contribution is -2.52. The third-order valence-corrected chi connectivity index (χ3v) is 8.39. The normalized spacial score (nSPS) is 25.1. The molecule has 0 spiro atoms. The van der Waals surface area contributed by atoms with Crippen LogP contribution in [0.5, 0.6) is 5.75 Å². The Kier molecular flexibility index (Phi) is 6.44. The second-order valence-corrected chi connectivity index (χ2v) is 11.2. The first kappa shape index (κ1) is 25.1. The fraction of sp³-hybridized carbons (Fsp3) is 0.433. The van der Waals surface area contributed by atoms with Crippen LogP contribution in [0.4, 0.5) is 0 Å². The van der Waals surface area contributed by atoms with Crippen LogP contribution >= 0.6 is 0 Å². The third-order valence-electron chi connectivity index (χ3n) is 8.39. The van der Waals surface area contributed by atoms with E-state index in [1.807, 2.05) is 18.3 Å². The van der Waals surface area contributed by atoms with Crippen LogP contribution in [-0.4, -0.2) is 75.9 Å². The number of piperidine rings is 1. The molecule has 7 rings (SSSR count). The molecule has 0 saturated carbocycles. The van der Waals surface area contributed by atoms with Crippen molar-refractivity contribution in [3.05, 3.63) is 65.1 Å². The van der Waals surface area contributed by atoms with Crippen molar-refractivity contribution in [1.82, 2.24) is 25.1 Å². The first-order valence-electron chi connectivity index (χ1n) is 14.0. The summed E-state index contributed by atoms with van der Waals surface area (Å²) in [5.74, 6) is 1.04. The Morgan fingerprint density at radius 2 is 2.00 bits per heavy atom. The maximum Gasteiger partial charge on any atom is 0.255 e. The number of carbonyl (C=O) groups excluding carboxylic acids is 3. The van der Waals surface area contributed by atoms with Crippen LogP contribution in [0.3, 0.4) is 0 Å². The molecule has 1 aromatic heterocycles. The van der Waals surface area contributed by atoms with Crippen molar-refractivity contribution in [2.75, 3.05) is 26.3 Å². The zero-order valence-electron chi connectivity index (χ0n) is 22.2. The van der Waals surface area contributed by atoms with Crippen molar-refractivity contribution in [1.29, 1.82) is 0 Å². The largest absolute Gasteiger partial charge is 0.489 e. The molecular weight excluding hydrogens is 510 g/mol. The number of rotatable bonds is 6. The maximum atomic E-state index is 13.0. The van der Waals surface area contributed by atoms with Gasteiger partial charge in [-0.05, 0) is 60.7 Å². The van der Waals surface area contributed by atoms with Gasteiger partial charge in [0.05, 0.1) is 12.1 Å². The SMILES string of the molecule is O=C1CCC(N2Cc3cc(O[C@H]4CCN(Cc5ccc6nc([C@H]7CCOC7)ncc6c5)C4)ccc3C2=O)C(=O)N1. The highest BCUT2D eigenvalue weighted by atomic mass is 16.5. The quantitative estimate of drug-likeness (QED) is 0.474. The van der Waals surface area contributed by atoms with E-state index in [0.29, 0.717) is 31.1 Å². The standard InChI is InChI=1S/C30H31N5O5/c36-27-6-5-26(29(37)33-27)35-15-21-12-22(2-3-24(21)30(35)38)40-23-7-9-34(16-23)14-18-1-4-25-20(11-18)13-31-28(32-25)19-8-10-39-17-19/h1-4,11-13,19,23,26H,5-10,14-17H2,(H,33,36,37)/t19-,23-,26?/m0/s1. The van der Waals surface area contributed by atoms with Crippen LogP contribution in [-0.2, 0) is 27.4 Å². The Balaban J connectivity index is 0.965. The van der Waals surface area contributed by atoms with Crippen LogP contribution < -0.4 is 10.1 Å². The summed E-state index contributed by atoms with van der Waals surface area (Å²) in [6.45, 7) is 4.40. The summed E-state index contributed by atoms with van der Waals surface area (Å²) in [6.07, 6.45) is 4.48. The smallest absolute Gasteiger partial charge is 0.255 e. The van der Waals surface area contributed by atoms with Gasteiger partial charge in [-0.15, -0.1) is 0 Å².